The van der Waals surface area contributed by atoms with Crippen LogP contribution >= 0.6 is 0 Å². The summed E-state index contributed by atoms with van der Waals surface area (Å²) in [7, 11) is -0.556. The predicted octanol–water partition coefficient (Wildman–Crippen LogP) is 0.655. The number of imide groups is 2. The Morgan fingerprint density at radius 1 is 1.21 bits per heavy atom. The number of benzene rings is 1. The molecule has 1 aromatic carbocycles. The van der Waals surface area contributed by atoms with Gasteiger partial charge in [0.15, 0.2) is 0 Å². The Labute approximate surface area is 112 Å². The number of para-hydroxylation sites is 1. The highest BCUT2D eigenvalue weighted by Crippen LogP contribution is 2.23. The van der Waals surface area contributed by atoms with Gasteiger partial charge in [0.05, 0.1) is 18.2 Å². The van der Waals surface area contributed by atoms with Crippen LogP contribution in [-0.4, -0.2) is 35.6 Å². The molecule has 1 aliphatic heterocycles. The normalized spacial score (nSPS) is 19.9. The average molecular weight is 283 g/mol. The van der Waals surface area contributed by atoms with Crippen molar-refractivity contribution in [2.45, 2.75) is 5.25 Å². The molecule has 0 saturated carbocycles. The molecule has 100 valence electrons. The summed E-state index contributed by atoms with van der Waals surface area (Å²) >= 11 is 0. The van der Waals surface area contributed by atoms with Gasteiger partial charge < -0.3 is 0 Å². The molecule has 2 rings (SSSR count). The molecule has 19 heavy (non-hydrogen) atoms. The lowest BCUT2D eigenvalue weighted by Gasteiger charge is -2.28. The minimum Gasteiger partial charge on any atom is -0.272 e. The first-order chi connectivity index (χ1) is 8.93. The second-order valence-corrected chi connectivity index (χ2v) is 6.41. The molecule has 0 aromatic heterocycles. The van der Waals surface area contributed by atoms with E-state index in [0.717, 1.165) is 6.07 Å². The third kappa shape index (κ3) is 2.33. The Hall–Kier alpha value is -1.89. The van der Waals surface area contributed by atoms with Gasteiger partial charge in [-0.25, -0.2) is 14.1 Å². The SMILES string of the molecule is C[S+](C)C1C(=O)NC(=O)N(c2ccccc2F)C1=O. The summed E-state index contributed by atoms with van der Waals surface area (Å²) in [6, 6.07) is 4.53. The van der Waals surface area contributed by atoms with Crippen molar-refractivity contribution in [1.82, 2.24) is 5.32 Å². The maximum Gasteiger partial charge on any atom is 0.335 e. The predicted molar refractivity (Wildman–Crippen MR) is 70.4 cm³/mol. The Kier molecular flexibility index (Phi) is 3.57. The molecule has 1 aromatic rings. The summed E-state index contributed by atoms with van der Waals surface area (Å²) in [5.74, 6) is -2.01. The number of barbiturate groups is 1. The molecule has 5 nitrogen and oxygen atoms in total. The summed E-state index contributed by atoms with van der Waals surface area (Å²) in [5.41, 5.74) is -0.145. The first-order valence-corrected chi connectivity index (χ1v) is 7.53. The molecule has 1 aliphatic rings. The molecule has 0 spiro atoms. The highest BCUT2D eigenvalue weighted by atomic mass is 32.2. The second kappa shape index (κ2) is 5.00. The van der Waals surface area contributed by atoms with Crippen molar-refractivity contribution in [2.24, 2.45) is 0 Å². The molecule has 1 fully saturated rings. The number of carbonyl (C=O) groups is 3. The van der Waals surface area contributed by atoms with E-state index in [4.69, 9.17) is 0 Å². The Bertz CT molecular complexity index is 562. The van der Waals surface area contributed by atoms with E-state index in [0.29, 0.717) is 4.90 Å². The molecule has 4 amide bonds. The van der Waals surface area contributed by atoms with Gasteiger partial charge >= 0.3 is 6.03 Å². The molecule has 1 unspecified atom stereocenters. The minimum atomic E-state index is -0.961. The largest absolute Gasteiger partial charge is 0.335 e. The topological polar surface area (TPSA) is 66.5 Å². The van der Waals surface area contributed by atoms with Crippen molar-refractivity contribution in [1.29, 1.82) is 0 Å². The third-order valence-electron chi connectivity index (χ3n) is 2.68. The summed E-state index contributed by atoms with van der Waals surface area (Å²) in [5, 5.41) is 1.12. The van der Waals surface area contributed by atoms with E-state index in [1.54, 1.807) is 12.5 Å². The fourth-order valence-corrected chi connectivity index (χ4v) is 2.83. The number of halogens is 1. The number of nitrogens with zero attached hydrogens (tertiary/aromatic N) is 1. The number of hydrogen-bond acceptors (Lipinski definition) is 3. The van der Waals surface area contributed by atoms with E-state index >= 15 is 0 Å². The molecule has 1 N–H and O–H groups in total. The van der Waals surface area contributed by atoms with Gasteiger partial charge in [0, 0.05) is 10.9 Å². The first-order valence-electron chi connectivity index (χ1n) is 5.43. The lowest BCUT2D eigenvalue weighted by molar-refractivity contribution is -0.127. The molecule has 0 radical (unpaired) electrons. The molecule has 1 heterocycles. The van der Waals surface area contributed by atoms with E-state index in [1.807, 2.05) is 0 Å². The maximum atomic E-state index is 13.7. The first kappa shape index (κ1) is 13.5. The molecular formula is C12H12FN2O3S+. The minimum absolute atomic E-state index is 0.145. The molecule has 0 aliphatic carbocycles. The summed E-state index contributed by atoms with van der Waals surface area (Å²) in [6.45, 7) is 0. The van der Waals surface area contributed by atoms with Gasteiger partial charge in [0.25, 0.3) is 17.1 Å². The second-order valence-electron chi connectivity index (χ2n) is 4.18. The van der Waals surface area contributed by atoms with Crippen LogP contribution < -0.4 is 10.2 Å². The van der Waals surface area contributed by atoms with Crippen molar-refractivity contribution in [3.63, 3.8) is 0 Å². The van der Waals surface area contributed by atoms with Crippen LogP contribution in [0.4, 0.5) is 14.9 Å². The molecule has 7 heteroatoms. The van der Waals surface area contributed by atoms with Crippen LogP contribution in [-0.2, 0) is 20.5 Å². The van der Waals surface area contributed by atoms with Crippen LogP contribution in [0.5, 0.6) is 0 Å². The van der Waals surface area contributed by atoms with Gasteiger partial charge in [-0.3, -0.25) is 14.9 Å². The Balaban J connectivity index is 2.45. The van der Waals surface area contributed by atoms with Gasteiger partial charge in [0.1, 0.15) is 5.82 Å². The van der Waals surface area contributed by atoms with E-state index < -0.39 is 39.8 Å². The van der Waals surface area contributed by atoms with Crippen molar-refractivity contribution in [3.8, 4) is 0 Å². The standard InChI is InChI=1S/C12H11FN2O3S/c1-19(2)9-10(16)14-12(18)15(11(9)17)8-6-4-3-5-7(8)13/h3-6,9H,1-2H3/p+1. The number of hydrogen-bond donors (Lipinski definition) is 1. The van der Waals surface area contributed by atoms with Crippen LogP contribution in [0, 0.1) is 5.82 Å². The van der Waals surface area contributed by atoms with Crippen LogP contribution in [0.1, 0.15) is 0 Å². The van der Waals surface area contributed by atoms with E-state index in [1.165, 1.54) is 18.2 Å². The fourth-order valence-electron chi connectivity index (χ4n) is 1.83. The molecule has 0 bridgehead atoms. The third-order valence-corrected chi connectivity index (χ3v) is 4.04. The zero-order valence-electron chi connectivity index (χ0n) is 10.3. The Morgan fingerprint density at radius 3 is 2.42 bits per heavy atom. The van der Waals surface area contributed by atoms with Crippen molar-refractivity contribution in [2.75, 3.05) is 17.4 Å². The van der Waals surface area contributed by atoms with Gasteiger partial charge in [-0.1, -0.05) is 12.1 Å². The van der Waals surface area contributed by atoms with Crippen LogP contribution in [0.25, 0.3) is 0 Å². The number of amides is 4. The summed E-state index contributed by atoms with van der Waals surface area (Å²) in [4.78, 5) is 36.3. The van der Waals surface area contributed by atoms with Crippen LogP contribution in [0.2, 0.25) is 0 Å². The smallest absolute Gasteiger partial charge is 0.272 e. The zero-order valence-corrected chi connectivity index (χ0v) is 11.2. The Morgan fingerprint density at radius 2 is 1.84 bits per heavy atom. The van der Waals surface area contributed by atoms with E-state index in [9.17, 15) is 18.8 Å². The maximum absolute atomic E-state index is 13.7. The fraction of sp³-hybridized carbons (Fsp3) is 0.250. The van der Waals surface area contributed by atoms with Gasteiger partial charge in [0.2, 0.25) is 0 Å². The van der Waals surface area contributed by atoms with E-state index in [2.05, 4.69) is 5.32 Å². The van der Waals surface area contributed by atoms with Crippen LogP contribution in [0.3, 0.4) is 0 Å². The number of urea groups is 1. The summed E-state index contributed by atoms with van der Waals surface area (Å²) in [6.07, 6.45) is 3.44. The molecule has 1 saturated heterocycles. The highest BCUT2D eigenvalue weighted by Gasteiger charge is 2.48. The van der Waals surface area contributed by atoms with Crippen molar-refractivity contribution < 1.29 is 18.8 Å². The number of nitrogens with one attached hydrogen (secondary N) is 1. The lowest BCUT2D eigenvalue weighted by Crippen LogP contribution is -2.63. The van der Waals surface area contributed by atoms with Gasteiger partial charge in [-0.2, -0.15) is 0 Å². The van der Waals surface area contributed by atoms with Crippen molar-refractivity contribution in [3.05, 3.63) is 30.1 Å². The number of carbonyl (C=O) groups excluding carboxylic acids is 3. The van der Waals surface area contributed by atoms with Crippen LogP contribution in [0.15, 0.2) is 24.3 Å². The quantitative estimate of drug-likeness (QED) is 0.640. The highest BCUT2D eigenvalue weighted by molar-refractivity contribution is 7.97. The average Bonchev–Trinajstić information content (AvgIpc) is 2.30. The van der Waals surface area contributed by atoms with Gasteiger partial charge in [-0.15, -0.1) is 0 Å². The van der Waals surface area contributed by atoms with Gasteiger partial charge in [-0.05, 0) is 12.1 Å². The van der Waals surface area contributed by atoms with E-state index in [-0.39, 0.29) is 5.69 Å². The number of rotatable bonds is 2. The monoisotopic (exact) mass is 283 g/mol. The molecule has 1 atom stereocenters. The summed E-state index contributed by atoms with van der Waals surface area (Å²) < 4.78 is 13.7. The molecular weight excluding hydrogens is 271 g/mol. The zero-order chi connectivity index (χ0) is 14.2. The van der Waals surface area contributed by atoms with Crippen molar-refractivity contribution >= 4 is 34.4 Å². The lowest BCUT2D eigenvalue weighted by atomic mass is 10.2. The number of anilines is 1.